The monoisotopic (exact) mass is 406 g/mol. The van der Waals surface area contributed by atoms with Crippen molar-refractivity contribution in [2.45, 2.75) is 5.92 Å². The van der Waals surface area contributed by atoms with Gasteiger partial charge < -0.3 is 9.47 Å². The molecule has 1 aliphatic rings. The maximum absolute atomic E-state index is 9.73. The van der Waals surface area contributed by atoms with E-state index in [0.29, 0.717) is 5.75 Å². The second-order valence-corrected chi connectivity index (χ2v) is 7.08. The molecular formula is C21H15BrN2O2. The summed E-state index contributed by atoms with van der Waals surface area (Å²) < 4.78 is 11.9. The Labute approximate surface area is 159 Å². The molecule has 1 heterocycles. The molecule has 0 bridgehead atoms. The molecule has 128 valence electrons. The van der Waals surface area contributed by atoms with Crippen LogP contribution in [0.15, 0.2) is 59.1 Å². The van der Waals surface area contributed by atoms with Crippen molar-refractivity contribution in [3.8, 4) is 17.6 Å². The van der Waals surface area contributed by atoms with Gasteiger partial charge in [0.1, 0.15) is 17.4 Å². The molecule has 0 saturated heterocycles. The number of rotatable bonds is 2. The molecule has 4 nitrogen and oxygen atoms in total. The van der Waals surface area contributed by atoms with Crippen molar-refractivity contribution in [1.82, 2.24) is 0 Å². The maximum Gasteiger partial charge on any atom is 0.205 e. The van der Waals surface area contributed by atoms with Gasteiger partial charge in [-0.15, -0.1) is 0 Å². The number of nitrogens with zero attached hydrogens (tertiary/aromatic N) is 1. The minimum absolute atomic E-state index is 0.0164. The number of hydrogen-bond donors (Lipinski definition) is 1. The topological polar surface area (TPSA) is 66.1 Å². The fourth-order valence-electron chi connectivity index (χ4n) is 3.52. The van der Waals surface area contributed by atoms with Crippen molar-refractivity contribution in [2.24, 2.45) is 5.92 Å². The van der Waals surface area contributed by atoms with Crippen LogP contribution in [0.4, 0.5) is 0 Å². The van der Waals surface area contributed by atoms with Crippen LogP contribution in [0.25, 0.3) is 10.8 Å². The molecule has 2 atom stereocenters. The molecule has 5 heteroatoms. The summed E-state index contributed by atoms with van der Waals surface area (Å²) in [5, 5.41) is 20.0. The van der Waals surface area contributed by atoms with Gasteiger partial charge in [-0.1, -0.05) is 40.2 Å². The first kappa shape index (κ1) is 16.6. The molecule has 3 aromatic carbocycles. The summed E-state index contributed by atoms with van der Waals surface area (Å²) in [4.78, 5) is 0. The quantitative estimate of drug-likeness (QED) is 0.631. The maximum atomic E-state index is 9.73. The van der Waals surface area contributed by atoms with Crippen LogP contribution in [0.5, 0.6) is 11.5 Å². The average molecular weight is 407 g/mol. The van der Waals surface area contributed by atoms with E-state index in [4.69, 9.17) is 14.9 Å². The SMILES string of the molecule is COc1ccc(C2c3c(ccc4cc(Br)ccc34)OC(=N)C2C#N)cc1. The predicted molar refractivity (Wildman–Crippen MR) is 104 cm³/mol. The fourth-order valence-corrected chi connectivity index (χ4v) is 3.90. The van der Waals surface area contributed by atoms with E-state index in [1.165, 1.54) is 0 Å². The number of ether oxygens (including phenoxy) is 2. The van der Waals surface area contributed by atoms with Gasteiger partial charge in [0.15, 0.2) is 0 Å². The number of halogens is 1. The summed E-state index contributed by atoms with van der Waals surface area (Å²) in [6.07, 6.45) is 0. The normalized spacial score (nSPS) is 18.7. The Morgan fingerprint density at radius 2 is 1.88 bits per heavy atom. The molecule has 1 N–H and O–H groups in total. The number of hydrogen-bond acceptors (Lipinski definition) is 4. The Morgan fingerprint density at radius 3 is 2.58 bits per heavy atom. The number of nitriles is 1. The summed E-state index contributed by atoms with van der Waals surface area (Å²) in [5.74, 6) is 0.429. The predicted octanol–water partition coefficient (Wildman–Crippen LogP) is 5.25. The lowest BCUT2D eigenvalue weighted by atomic mass is 9.77. The van der Waals surface area contributed by atoms with Gasteiger partial charge in [-0.05, 0) is 46.7 Å². The van der Waals surface area contributed by atoms with Crippen molar-refractivity contribution in [2.75, 3.05) is 7.11 Å². The van der Waals surface area contributed by atoms with E-state index >= 15 is 0 Å². The smallest absolute Gasteiger partial charge is 0.205 e. The molecule has 0 fully saturated rings. The molecule has 1 aliphatic heterocycles. The summed E-state index contributed by atoms with van der Waals surface area (Å²) in [6.45, 7) is 0. The Kier molecular flexibility index (Phi) is 4.14. The second-order valence-electron chi connectivity index (χ2n) is 6.17. The molecule has 0 aromatic heterocycles. The summed E-state index contributed by atoms with van der Waals surface area (Å²) in [7, 11) is 1.62. The minimum atomic E-state index is -0.676. The van der Waals surface area contributed by atoms with Crippen LogP contribution < -0.4 is 9.47 Å². The Morgan fingerprint density at radius 1 is 1.12 bits per heavy atom. The van der Waals surface area contributed by atoms with Crippen molar-refractivity contribution >= 4 is 32.6 Å². The lowest BCUT2D eigenvalue weighted by Gasteiger charge is -2.31. The van der Waals surface area contributed by atoms with E-state index in [1.54, 1.807) is 7.11 Å². The third-order valence-corrected chi connectivity index (χ3v) is 5.24. The van der Waals surface area contributed by atoms with Crippen LogP contribution in [0.2, 0.25) is 0 Å². The van der Waals surface area contributed by atoms with Gasteiger partial charge in [0.2, 0.25) is 5.90 Å². The number of benzene rings is 3. The van der Waals surface area contributed by atoms with Crippen LogP contribution in [0.3, 0.4) is 0 Å². The van der Waals surface area contributed by atoms with Gasteiger partial charge in [0, 0.05) is 16.0 Å². The molecule has 0 spiro atoms. The van der Waals surface area contributed by atoms with E-state index in [0.717, 1.165) is 32.1 Å². The fraction of sp³-hybridized carbons (Fsp3) is 0.143. The number of nitrogens with one attached hydrogen (secondary N) is 1. The highest BCUT2D eigenvalue weighted by Gasteiger charge is 2.38. The Balaban J connectivity index is 1.99. The molecule has 0 aliphatic carbocycles. The third-order valence-electron chi connectivity index (χ3n) is 4.74. The Hall–Kier alpha value is -2.84. The first-order valence-electron chi connectivity index (χ1n) is 8.14. The van der Waals surface area contributed by atoms with E-state index < -0.39 is 5.92 Å². The molecule has 0 amide bonds. The lowest BCUT2D eigenvalue weighted by molar-refractivity contribution is 0.414. The van der Waals surface area contributed by atoms with Crippen LogP contribution in [0.1, 0.15) is 17.0 Å². The molecular weight excluding hydrogens is 392 g/mol. The number of fused-ring (bicyclic) bond motifs is 3. The van der Waals surface area contributed by atoms with Gasteiger partial charge in [0.25, 0.3) is 0 Å². The van der Waals surface area contributed by atoms with Gasteiger partial charge >= 0.3 is 0 Å². The molecule has 0 saturated carbocycles. The highest BCUT2D eigenvalue weighted by Crippen LogP contribution is 2.46. The summed E-state index contributed by atoms with van der Waals surface area (Å²) in [5.41, 5.74) is 1.91. The average Bonchev–Trinajstić information content (AvgIpc) is 2.66. The highest BCUT2D eigenvalue weighted by atomic mass is 79.9. The number of methoxy groups -OCH3 is 1. The zero-order valence-corrected chi connectivity index (χ0v) is 15.6. The zero-order chi connectivity index (χ0) is 18.3. The van der Waals surface area contributed by atoms with Crippen LogP contribution in [-0.4, -0.2) is 13.0 Å². The van der Waals surface area contributed by atoms with E-state index in [-0.39, 0.29) is 11.8 Å². The zero-order valence-electron chi connectivity index (χ0n) is 14.0. The van der Waals surface area contributed by atoms with Crippen molar-refractivity contribution in [3.05, 3.63) is 70.2 Å². The van der Waals surface area contributed by atoms with E-state index in [2.05, 4.69) is 22.0 Å². The van der Waals surface area contributed by atoms with Crippen LogP contribution in [0, 0.1) is 22.7 Å². The van der Waals surface area contributed by atoms with Gasteiger partial charge in [0.05, 0.1) is 13.2 Å². The third kappa shape index (κ3) is 2.63. The first-order chi connectivity index (χ1) is 12.6. The van der Waals surface area contributed by atoms with Crippen LogP contribution >= 0.6 is 15.9 Å². The molecule has 0 radical (unpaired) electrons. The van der Waals surface area contributed by atoms with E-state index in [1.807, 2.05) is 54.6 Å². The largest absolute Gasteiger partial charge is 0.497 e. The standard InChI is InChI=1S/C21H15BrN2O2/c1-25-15-6-2-12(3-7-15)19-17(11-23)21(24)26-18-9-4-13-10-14(22)5-8-16(13)20(18)19/h2-10,17,19,24H,1H3. The van der Waals surface area contributed by atoms with Crippen molar-refractivity contribution in [3.63, 3.8) is 0 Å². The van der Waals surface area contributed by atoms with Crippen molar-refractivity contribution in [1.29, 1.82) is 10.7 Å². The molecule has 2 unspecified atom stereocenters. The Bertz CT molecular complexity index is 1050. The van der Waals surface area contributed by atoms with Crippen molar-refractivity contribution < 1.29 is 9.47 Å². The summed E-state index contributed by atoms with van der Waals surface area (Å²) >= 11 is 3.51. The van der Waals surface area contributed by atoms with Crippen LogP contribution in [-0.2, 0) is 0 Å². The van der Waals surface area contributed by atoms with E-state index in [9.17, 15) is 5.26 Å². The molecule has 4 rings (SSSR count). The minimum Gasteiger partial charge on any atom is -0.497 e. The van der Waals surface area contributed by atoms with Gasteiger partial charge in [-0.25, -0.2) is 0 Å². The molecule has 3 aromatic rings. The van der Waals surface area contributed by atoms with Gasteiger partial charge in [-0.3, -0.25) is 5.41 Å². The molecule has 26 heavy (non-hydrogen) atoms. The first-order valence-corrected chi connectivity index (χ1v) is 8.93. The lowest BCUT2D eigenvalue weighted by Crippen LogP contribution is -2.31. The van der Waals surface area contributed by atoms with Gasteiger partial charge in [-0.2, -0.15) is 5.26 Å². The highest BCUT2D eigenvalue weighted by molar-refractivity contribution is 9.10. The summed E-state index contributed by atoms with van der Waals surface area (Å²) in [6, 6.07) is 19.8. The second kappa shape index (κ2) is 6.47.